The largest absolute Gasteiger partial charge is 0.489 e. The van der Waals surface area contributed by atoms with E-state index >= 15 is 0 Å². The Morgan fingerprint density at radius 2 is 1.58 bits per heavy atom. The van der Waals surface area contributed by atoms with Gasteiger partial charge in [-0.1, -0.05) is 24.3 Å². The van der Waals surface area contributed by atoms with Crippen molar-refractivity contribution in [3.05, 3.63) is 95.3 Å². The summed E-state index contributed by atoms with van der Waals surface area (Å²) in [7, 11) is 0. The molecule has 5 nitrogen and oxygen atoms in total. The number of ether oxygens (including phenoxy) is 2. The van der Waals surface area contributed by atoms with Crippen LogP contribution in [0.5, 0.6) is 11.5 Å². The molecule has 33 heavy (non-hydrogen) atoms. The summed E-state index contributed by atoms with van der Waals surface area (Å²) in [6.45, 7) is 0.241. The second-order valence-corrected chi connectivity index (χ2v) is 9.93. The van der Waals surface area contributed by atoms with E-state index in [-0.39, 0.29) is 18.3 Å². The molecule has 0 saturated carbocycles. The van der Waals surface area contributed by atoms with Crippen LogP contribution in [0.4, 0.5) is 4.39 Å². The lowest BCUT2D eigenvalue weighted by molar-refractivity contribution is -0.123. The number of thioether (sulfide) groups is 2. The minimum absolute atomic E-state index is 0.111. The maximum Gasteiger partial charge on any atom is 0.277 e. The third kappa shape index (κ3) is 7.27. The molecule has 0 spiro atoms. The number of benzene rings is 3. The minimum Gasteiger partial charge on any atom is -0.489 e. The van der Waals surface area contributed by atoms with E-state index < -0.39 is 0 Å². The van der Waals surface area contributed by atoms with Crippen LogP contribution in [0, 0.1) is 5.82 Å². The molecule has 3 aromatic rings. The van der Waals surface area contributed by atoms with Crippen molar-refractivity contribution in [1.82, 2.24) is 5.43 Å². The van der Waals surface area contributed by atoms with Gasteiger partial charge in [0.1, 0.15) is 23.9 Å². The Hall–Kier alpha value is -2.97. The average molecular weight is 483 g/mol. The summed E-state index contributed by atoms with van der Waals surface area (Å²) in [4.78, 5) is 12.0. The number of hydrazone groups is 1. The standard InChI is InChI=1S/C25H23FN2O3S2/c26-21-7-1-19(2-8-21)16-30-22-9-3-18(4-10-22)15-27-28-24(29)17-31-23-11-5-20(6-12-23)25-32-13-14-33-25/h1-12,15,25H,13-14,16-17H2,(H,28,29)/b27-15-. The number of hydrogen-bond donors (Lipinski definition) is 1. The third-order valence-corrected chi connectivity index (χ3v) is 7.85. The van der Waals surface area contributed by atoms with E-state index in [9.17, 15) is 9.18 Å². The van der Waals surface area contributed by atoms with Crippen molar-refractivity contribution in [3.63, 3.8) is 0 Å². The van der Waals surface area contributed by atoms with Crippen molar-refractivity contribution in [2.75, 3.05) is 18.1 Å². The highest BCUT2D eigenvalue weighted by molar-refractivity contribution is 8.19. The normalized spacial score (nSPS) is 13.8. The molecule has 1 aliphatic rings. The van der Waals surface area contributed by atoms with Gasteiger partial charge in [0.2, 0.25) is 0 Å². The van der Waals surface area contributed by atoms with Crippen LogP contribution in [0.2, 0.25) is 0 Å². The van der Waals surface area contributed by atoms with E-state index in [1.807, 2.05) is 59.9 Å². The molecular weight excluding hydrogens is 459 g/mol. The van der Waals surface area contributed by atoms with Gasteiger partial charge in [0.25, 0.3) is 5.91 Å². The van der Waals surface area contributed by atoms with Crippen molar-refractivity contribution >= 4 is 35.6 Å². The first-order valence-corrected chi connectivity index (χ1v) is 12.5. The Bertz CT molecular complexity index is 1070. The van der Waals surface area contributed by atoms with Crippen LogP contribution in [0.3, 0.4) is 0 Å². The van der Waals surface area contributed by atoms with Crippen molar-refractivity contribution in [2.45, 2.75) is 11.2 Å². The van der Waals surface area contributed by atoms with Gasteiger partial charge in [0.15, 0.2) is 6.61 Å². The first-order chi connectivity index (χ1) is 16.2. The van der Waals surface area contributed by atoms with Crippen LogP contribution in [0.25, 0.3) is 0 Å². The van der Waals surface area contributed by atoms with E-state index in [0.717, 1.165) is 11.1 Å². The van der Waals surface area contributed by atoms with Crippen LogP contribution in [-0.4, -0.2) is 30.2 Å². The second kappa shape index (κ2) is 11.8. The molecule has 170 valence electrons. The van der Waals surface area contributed by atoms with Gasteiger partial charge in [-0.3, -0.25) is 4.79 Å². The molecule has 8 heteroatoms. The summed E-state index contributed by atoms with van der Waals surface area (Å²) in [5, 5.41) is 3.97. The number of carbonyl (C=O) groups excluding carboxylic acids is 1. The molecule has 1 amide bonds. The van der Waals surface area contributed by atoms with E-state index in [0.29, 0.717) is 22.7 Å². The summed E-state index contributed by atoms with van der Waals surface area (Å²) in [6.07, 6.45) is 1.55. The highest BCUT2D eigenvalue weighted by atomic mass is 32.2. The SMILES string of the molecule is O=C(COc1ccc(C2SCCS2)cc1)N/N=C\c1ccc(OCc2ccc(F)cc2)cc1. The summed E-state index contributed by atoms with van der Waals surface area (Å²) in [6, 6.07) is 21.3. The number of halogens is 1. The van der Waals surface area contributed by atoms with E-state index in [1.165, 1.54) is 29.2 Å². The number of nitrogens with one attached hydrogen (secondary N) is 1. The average Bonchev–Trinajstić information content (AvgIpc) is 3.39. The monoisotopic (exact) mass is 482 g/mol. The Balaban J connectivity index is 1.17. The topological polar surface area (TPSA) is 59.9 Å². The highest BCUT2D eigenvalue weighted by Gasteiger charge is 2.17. The number of carbonyl (C=O) groups is 1. The number of amides is 1. The van der Waals surface area contributed by atoms with Gasteiger partial charge >= 0.3 is 0 Å². The van der Waals surface area contributed by atoms with Crippen molar-refractivity contribution in [2.24, 2.45) is 5.10 Å². The Morgan fingerprint density at radius 3 is 2.27 bits per heavy atom. The zero-order chi connectivity index (χ0) is 22.9. The van der Waals surface area contributed by atoms with Gasteiger partial charge in [0.05, 0.1) is 10.8 Å². The highest BCUT2D eigenvalue weighted by Crippen LogP contribution is 2.45. The quantitative estimate of drug-likeness (QED) is 0.326. The van der Waals surface area contributed by atoms with Gasteiger partial charge in [-0.25, -0.2) is 9.82 Å². The maximum atomic E-state index is 12.9. The zero-order valence-electron chi connectivity index (χ0n) is 17.8. The molecule has 0 radical (unpaired) electrons. The van der Waals surface area contributed by atoms with Gasteiger partial charge in [-0.2, -0.15) is 5.10 Å². The summed E-state index contributed by atoms with van der Waals surface area (Å²) >= 11 is 3.91. The predicted octanol–water partition coefficient (Wildman–Crippen LogP) is 5.41. The molecule has 0 aliphatic carbocycles. The summed E-state index contributed by atoms with van der Waals surface area (Å²) in [5.74, 6) is 3.10. The Kier molecular flexibility index (Phi) is 8.27. The van der Waals surface area contributed by atoms with E-state index in [1.54, 1.807) is 18.3 Å². The fraction of sp³-hybridized carbons (Fsp3) is 0.200. The molecule has 4 rings (SSSR count). The second-order valence-electron chi connectivity index (χ2n) is 7.21. The van der Waals surface area contributed by atoms with E-state index in [2.05, 4.69) is 22.7 Å². The number of hydrogen-bond acceptors (Lipinski definition) is 6. The molecular formula is C25H23FN2O3S2. The lowest BCUT2D eigenvalue weighted by atomic mass is 10.2. The van der Waals surface area contributed by atoms with Crippen LogP contribution in [-0.2, 0) is 11.4 Å². The first-order valence-electron chi connectivity index (χ1n) is 10.4. The first kappa shape index (κ1) is 23.2. The van der Waals surface area contributed by atoms with Gasteiger partial charge in [-0.05, 0) is 65.2 Å². The van der Waals surface area contributed by atoms with Crippen LogP contribution < -0.4 is 14.9 Å². The van der Waals surface area contributed by atoms with Crippen molar-refractivity contribution < 1.29 is 18.7 Å². The third-order valence-electron chi connectivity index (χ3n) is 4.75. The number of nitrogens with zero attached hydrogens (tertiary/aromatic N) is 1. The molecule has 1 fully saturated rings. The molecule has 1 aliphatic heterocycles. The molecule has 1 saturated heterocycles. The lowest BCUT2D eigenvalue weighted by Gasteiger charge is -2.10. The van der Waals surface area contributed by atoms with Crippen molar-refractivity contribution in [3.8, 4) is 11.5 Å². The smallest absolute Gasteiger partial charge is 0.277 e. The van der Waals surface area contributed by atoms with E-state index in [4.69, 9.17) is 9.47 Å². The van der Waals surface area contributed by atoms with Gasteiger partial charge in [-0.15, -0.1) is 23.5 Å². The van der Waals surface area contributed by atoms with Crippen LogP contribution in [0.1, 0.15) is 21.3 Å². The lowest BCUT2D eigenvalue weighted by Crippen LogP contribution is -2.24. The minimum atomic E-state index is -0.337. The maximum absolute atomic E-state index is 12.9. The molecule has 1 N–H and O–H groups in total. The molecule has 0 atom stereocenters. The summed E-state index contributed by atoms with van der Waals surface area (Å²) < 4.78 is 24.7. The van der Waals surface area contributed by atoms with Crippen LogP contribution in [0.15, 0.2) is 77.9 Å². The Labute approximate surface area is 200 Å². The predicted molar refractivity (Wildman–Crippen MR) is 133 cm³/mol. The molecule has 0 unspecified atom stereocenters. The van der Waals surface area contributed by atoms with Gasteiger partial charge in [0, 0.05) is 11.5 Å². The Morgan fingerprint density at radius 1 is 0.939 bits per heavy atom. The van der Waals surface area contributed by atoms with Crippen LogP contribution >= 0.6 is 23.5 Å². The zero-order valence-corrected chi connectivity index (χ0v) is 19.4. The van der Waals surface area contributed by atoms with Crippen molar-refractivity contribution in [1.29, 1.82) is 0 Å². The fourth-order valence-corrected chi connectivity index (χ4v) is 5.89. The van der Waals surface area contributed by atoms with Gasteiger partial charge < -0.3 is 9.47 Å². The molecule has 0 bridgehead atoms. The summed E-state index contributed by atoms with van der Waals surface area (Å²) in [5.41, 5.74) is 5.43. The molecule has 3 aromatic carbocycles. The number of rotatable bonds is 9. The fourth-order valence-electron chi connectivity index (χ4n) is 3.03. The molecule has 1 heterocycles. The molecule has 0 aromatic heterocycles.